The van der Waals surface area contributed by atoms with Gasteiger partial charge >= 0.3 is 0 Å². The van der Waals surface area contributed by atoms with Gasteiger partial charge in [-0.2, -0.15) is 0 Å². The molecule has 0 radical (unpaired) electrons. The molecule has 0 unspecified atom stereocenters. The predicted octanol–water partition coefficient (Wildman–Crippen LogP) is 1.96. The maximum atomic E-state index is 12.6. The lowest BCUT2D eigenvalue weighted by molar-refractivity contribution is 0.0740. The number of carbonyl (C=O) groups excluding carboxylic acids is 1. The van der Waals surface area contributed by atoms with E-state index in [1.165, 1.54) is 12.1 Å². The maximum absolute atomic E-state index is 12.6. The van der Waals surface area contributed by atoms with Gasteiger partial charge < -0.3 is 10.6 Å². The first-order valence-electron chi connectivity index (χ1n) is 8.72. The Balaban J connectivity index is 2.15. The molecule has 0 aromatic heterocycles. The fourth-order valence-corrected chi connectivity index (χ4v) is 4.48. The Hall–Kier alpha value is -1.44. The number of amides is 1. The Bertz CT molecular complexity index is 710. The van der Waals surface area contributed by atoms with E-state index in [-0.39, 0.29) is 22.3 Å². The van der Waals surface area contributed by atoms with E-state index < -0.39 is 10.0 Å². The van der Waals surface area contributed by atoms with Crippen molar-refractivity contribution >= 4 is 15.9 Å². The van der Waals surface area contributed by atoms with Crippen LogP contribution >= 0.6 is 0 Å². The Morgan fingerprint density at radius 1 is 1.32 bits per heavy atom. The minimum atomic E-state index is -3.61. The number of carbonyl (C=O) groups is 1. The monoisotopic (exact) mass is 367 g/mol. The molecule has 1 aromatic rings. The highest BCUT2D eigenvalue weighted by Crippen LogP contribution is 2.21. The molecule has 0 heterocycles. The summed E-state index contributed by atoms with van der Waals surface area (Å²) in [7, 11) is -1.90. The lowest BCUT2D eigenvalue weighted by Crippen LogP contribution is -2.39. The molecule has 1 aliphatic rings. The van der Waals surface area contributed by atoms with Crippen molar-refractivity contribution in [1.82, 2.24) is 9.62 Å². The van der Waals surface area contributed by atoms with E-state index in [1.54, 1.807) is 24.1 Å². The van der Waals surface area contributed by atoms with Crippen molar-refractivity contribution in [2.24, 2.45) is 11.1 Å². The summed E-state index contributed by atoms with van der Waals surface area (Å²) in [6.07, 6.45) is 3.84. The molecule has 1 fully saturated rings. The highest BCUT2D eigenvalue weighted by molar-refractivity contribution is 7.89. The normalized spacial score (nSPS) is 16.2. The smallest absolute Gasteiger partial charge is 0.253 e. The van der Waals surface area contributed by atoms with E-state index in [9.17, 15) is 13.2 Å². The first-order valence-corrected chi connectivity index (χ1v) is 10.2. The number of nitrogens with one attached hydrogen (secondary N) is 1. The summed E-state index contributed by atoms with van der Waals surface area (Å²) >= 11 is 0. The molecule has 3 N–H and O–H groups in total. The first-order chi connectivity index (χ1) is 11.6. The van der Waals surface area contributed by atoms with Crippen molar-refractivity contribution in [2.45, 2.75) is 50.5 Å². The second-order valence-corrected chi connectivity index (χ2v) is 9.37. The van der Waals surface area contributed by atoms with Gasteiger partial charge in [-0.05, 0) is 43.0 Å². The average molecular weight is 368 g/mol. The average Bonchev–Trinajstić information content (AvgIpc) is 3.06. The van der Waals surface area contributed by atoms with Gasteiger partial charge in [-0.1, -0.05) is 32.8 Å². The van der Waals surface area contributed by atoms with Gasteiger partial charge in [0.1, 0.15) is 0 Å². The van der Waals surface area contributed by atoms with Crippen LogP contribution in [0.3, 0.4) is 0 Å². The zero-order chi connectivity index (χ0) is 18.7. The summed E-state index contributed by atoms with van der Waals surface area (Å²) in [6.45, 7) is 4.94. The van der Waals surface area contributed by atoms with E-state index in [0.717, 1.165) is 25.7 Å². The molecule has 140 valence electrons. The summed E-state index contributed by atoms with van der Waals surface area (Å²) in [6, 6.07) is 6.22. The third kappa shape index (κ3) is 5.26. The SMILES string of the molecule is CN(CC(C)(C)CN)C(=O)c1cccc(S(=O)(=O)NC2CCCC2)c1. The zero-order valence-corrected chi connectivity index (χ0v) is 16.1. The van der Waals surface area contributed by atoms with Gasteiger partial charge in [-0.15, -0.1) is 0 Å². The molecule has 7 heteroatoms. The van der Waals surface area contributed by atoms with E-state index in [0.29, 0.717) is 18.7 Å². The van der Waals surface area contributed by atoms with Crippen LogP contribution < -0.4 is 10.5 Å². The molecule has 6 nitrogen and oxygen atoms in total. The highest BCUT2D eigenvalue weighted by atomic mass is 32.2. The number of nitrogens with zero attached hydrogens (tertiary/aromatic N) is 1. The Kier molecular flexibility index (Phi) is 6.24. The number of hydrogen-bond acceptors (Lipinski definition) is 4. The molecular weight excluding hydrogens is 338 g/mol. The van der Waals surface area contributed by atoms with E-state index >= 15 is 0 Å². The topological polar surface area (TPSA) is 92.5 Å². The van der Waals surface area contributed by atoms with Crippen molar-refractivity contribution in [3.63, 3.8) is 0 Å². The molecule has 0 bridgehead atoms. The van der Waals surface area contributed by atoms with Crippen LogP contribution in [-0.2, 0) is 10.0 Å². The fraction of sp³-hybridized carbons (Fsp3) is 0.611. The van der Waals surface area contributed by atoms with Crippen LogP contribution in [0.25, 0.3) is 0 Å². The summed E-state index contributed by atoms with van der Waals surface area (Å²) in [4.78, 5) is 14.4. The molecule has 1 aliphatic carbocycles. The molecule has 1 amide bonds. The van der Waals surface area contributed by atoms with Gasteiger partial charge in [0.05, 0.1) is 4.90 Å². The molecule has 1 aromatic carbocycles. The van der Waals surface area contributed by atoms with Gasteiger partial charge in [0, 0.05) is 25.2 Å². The third-order valence-electron chi connectivity index (χ3n) is 4.63. The van der Waals surface area contributed by atoms with E-state index in [1.807, 2.05) is 13.8 Å². The van der Waals surface area contributed by atoms with Crippen LogP contribution in [0.2, 0.25) is 0 Å². The molecule has 0 aliphatic heterocycles. The zero-order valence-electron chi connectivity index (χ0n) is 15.3. The molecular formula is C18H29N3O3S. The van der Waals surface area contributed by atoms with Gasteiger partial charge in [0.25, 0.3) is 5.91 Å². The number of hydrogen-bond donors (Lipinski definition) is 2. The van der Waals surface area contributed by atoms with Crippen molar-refractivity contribution < 1.29 is 13.2 Å². The van der Waals surface area contributed by atoms with E-state index in [2.05, 4.69) is 4.72 Å². The van der Waals surface area contributed by atoms with Gasteiger partial charge in [0.15, 0.2) is 0 Å². The Morgan fingerprint density at radius 3 is 2.56 bits per heavy atom. The van der Waals surface area contributed by atoms with Crippen LogP contribution in [0.5, 0.6) is 0 Å². The van der Waals surface area contributed by atoms with Crippen molar-refractivity contribution in [2.75, 3.05) is 20.1 Å². The predicted molar refractivity (Wildman–Crippen MR) is 98.8 cm³/mol. The second-order valence-electron chi connectivity index (χ2n) is 7.66. The first kappa shape index (κ1) is 19.9. The van der Waals surface area contributed by atoms with Crippen molar-refractivity contribution in [3.8, 4) is 0 Å². The van der Waals surface area contributed by atoms with Gasteiger partial charge in [0.2, 0.25) is 10.0 Å². The number of sulfonamides is 1. The molecule has 0 saturated heterocycles. The Labute approximate surface area is 150 Å². The number of benzene rings is 1. The quantitative estimate of drug-likeness (QED) is 0.770. The van der Waals surface area contributed by atoms with Crippen LogP contribution in [0.15, 0.2) is 29.2 Å². The highest BCUT2D eigenvalue weighted by Gasteiger charge is 2.25. The fourth-order valence-electron chi connectivity index (χ4n) is 3.13. The largest absolute Gasteiger partial charge is 0.341 e. The van der Waals surface area contributed by atoms with Gasteiger partial charge in [-0.3, -0.25) is 4.79 Å². The van der Waals surface area contributed by atoms with Crippen LogP contribution in [0, 0.1) is 5.41 Å². The van der Waals surface area contributed by atoms with Crippen LogP contribution in [-0.4, -0.2) is 45.4 Å². The molecule has 2 rings (SSSR count). The van der Waals surface area contributed by atoms with Gasteiger partial charge in [-0.25, -0.2) is 13.1 Å². The summed E-state index contributed by atoms with van der Waals surface area (Å²) in [5.74, 6) is -0.209. The molecule has 25 heavy (non-hydrogen) atoms. The molecule has 0 spiro atoms. The van der Waals surface area contributed by atoms with Crippen LogP contribution in [0.4, 0.5) is 0 Å². The van der Waals surface area contributed by atoms with Crippen molar-refractivity contribution in [1.29, 1.82) is 0 Å². The summed E-state index contributed by atoms with van der Waals surface area (Å²) < 4.78 is 27.9. The molecule has 1 saturated carbocycles. The lowest BCUT2D eigenvalue weighted by atomic mass is 9.93. The number of rotatable bonds is 7. The summed E-state index contributed by atoms with van der Waals surface area (Å²) in [5.41, 5.74) is 5.90. The third-order valence-corrected chi connectivity index (χ3v) is 6.15. The number of nitrogens with two attached hydrogens (primary N) is 1. The minimum absolute atomic E-state index is 0.00242. The van der Waals surface area contributed by atoms with Crippen molar-refractivity contribution in [3.05, 3.63) is 29.8 Å². The minimum Gasteiger partial charge on any atom is -0.341 e. The summed E-state index contributed by atoms with van der Waals surface area (Å²) in [5, 5.41) is 0. The van der Waals surface area contributed by atoms with E-state index in [4.69, 9.17) is 5.73 Å². The standard InChI is InChI=1S/C18H29N3O3S/c1-18(2,12-19)13-21(3)17(22)14-7-6-10-16(11-14)25(23,24)20-15-8-4-5-9-15/h6-7,10-11,15,20H,4-5,8-9,12-13,19H2,1-3H3. The Morgan fingerprint density at radius 2 is 1.96 bits per heavy atom. The maximum Gasteiger partial charge on any atom is 0.253 e. The second kappa shape index (κ2) is 7.85. The lowest BCUT2D eigenvalue weighted by Gasteiger charge is -2.29. The van der Waals surface area contributed by atoms with Crippen LogP contribution in [0.1, 0.15) is 49.9 Å². The molecule has 0 atom stereocenters.